The van der Waals surface area contributed by atoms with Gasteiger partial charge in [0, 0.05) is 25.8 Å². The van der Waals surface area contributed by atoms with Gasteiger partial charge in [0.05, 0.1) is 18.5 Å². The second kappa shape index (κ2) is 6.69. The minimum Gasteiger partial charge on any atom is -0.444 e. The quantitative estimate of drug-likeness (QED) is 0.877. The van der Waals surface area contributed by atoms with Gasteiger partial charge in [-0.25, -0.2) is 9.78 Å². The van der Waals surface area contributed by atoms with Gasteiger partial charge in [0.15, 0.2) is 0 Å². The predicted octanol–water partition coefficient (Wildman–Crippen LogP) is 1.40. The smallest absolute Gasteiger partial charge is 0.410 e. The van der Waals surface area contributed by atoms with Crippen LogP contribution < -0.4 is 10.6 Å². The first kappa shape index (κ1) is 16.8. The molecular formula is C15H22N6O2. The topological polar surface area (TPSA) is 108 Å². The molecule has 1 aliphatic heterocycles. The number of nitriles is 1. The Kier molecular flexibility index (Phi) is 4.89. The van der Waals surface area contributed by atoms with Crippen LogP contribution in [0.15, 0.2) is 12.3 Å². The maximum absolute atomic E-state index is 12.3. The first-order chi connectivity index (χ1) is 10.8. The van der Waals surface area contributed by atoms with E-state index in [1.54, 1.807) is 17.2 Å². The molecule has 0 aliphatic carbocycles. The molecule has 124 valence electrons. The Balaban J connectivity index is 2.11. The number of piperazine rings is 1. The number of aromatic nitrogens is 2. The molecule has 8 heteroatoms. The molecule has 1 aromatic heterocycles. The molecule has 0 radical (unpaired) electrons. The van der Waals surface area contributed by atoms with Crippen LogP contribution in [-0.2, 0) is 4.74 Å². The molecule has 0 bridgehead atoms. The Hall–Kier alpha value is -2.56. The molecular weight excluding hydrogens is 296 g/mol. The number of hydrogen-bond acceptors (Lipinski definition) is 7. The summed E-state index contributed by atoms with van der Waals surface area (Å²) in [4.78, 5) is 24.3. The van der Waals surface area contributed by atoms with Gasteiger partial charge in [-0.05, 0) is 26.8 Å². The van der Waals surface area contributed by atoms with Crippen molar-refractivity contribution in [2.45, 2.75) is 38.8 Å². The minimum atomic E-state index is -0.567. The highest BCUT2D eigenvalue weighted by atomic mass is 16.6. The molecule has 1 atom stereocenters. The van der Waals surface area contributed by atoms with Crippen LogP contribution in [0, 0.1) is 11.3 Å². The molecule has 23 heavy (non-hydrogen) atoms. The minimum absolute atomic E-state index is 0.220. The van der Waals surface area contributed by atoms with Crippen LogP contribution in [0.5, 0.6) is 0 Å². The number of ether oxygens (including phenoxy) is 1. The number of rotatable bonds is 2. The Morgan fingerprint density at radius 3 is 2.87 bits per heavy atom. The van der Waals surface area contributed by atoms with Gasteiger partial charge < -0.3 is 20.3 Å². The summed E-state index contributed by atoms with van der Waals surface area (Å²) in [7, 11) is 0. The molecule has 1 aliphatic rings. The molecule has 1 saturated heterocycles. The predicted molar refractivity (Wildman–Crippen MR) is 85.6 cm³/mol. The molecule has 2 N–H and O–H groups in total. The average Bonchev–Trinajstić information content (AvgIpc) is 2.45. The SMILES string of the molecule is CC(C)(C)OC(=O)N1CCN(c2nccc(N)n2)C[C@@H]1CC#N. The lowest BCUT2D eigenvalue weighted by molar-refractivity contribution is 0.0144. The lowest BCUT2D eigenvalue weighted by atomic mass is 10.1. The van der Waals surface area contributed by atoms with Crippen molar-refractivity contribution in [3.05, 3.63) is 12.3 Å². The number of nitrogen functional groups attached to an aromatic ring is 1. The van der Waals surface area contributed by atoms with Gasteiger partial charge in [-0.1, -0.05) is 0 Å². The number of carbonyl (C=O) groups is 1. The van der Waals surface area contributed by atoms with E-state index in [1.165, 1.54) is 0 Å². The lowest BCUT2D eigenvalue weighted by Crippen LogP contribution is -2.56. The molecule has 1 aromatic rings. The number of anilines is 2. The van der Waals surface area contributed by atoms with Crippen molar-refractivity contribution in [2.75, 3.05) is 30.3 Å². The third-order valence-electron chi connectivity index (χ3n) is 3.38. The van der Waals surface area contributed by atoms with Crippen LogP contribution in [0.3, 0.4) is 0 Å². The van der Waals surface area contributed by atoms with E-state index in [9.17, 15) is 4.79 Å². The van der Waals surface area contributed by atoms with Crippen LogP contribution in [0.2, 0.25) is 0 Å². The van der Waals surface area contributed by atoms with E-state index in [2.05, 4.69) is 16.0 Å². The highest BCUT2D eigenvalue weighted by molar-refractivity contribution is 5.69. The summed E-state index contributed by atoms with van der Waals surface area (Å²) in [5.41, 5.74) is 5.12. The Morgan fingerprint density at radius 1 is 1.52 bits per heavy atom. The maximum atomic E-state index is 12.3. The van der Waals surface area contributed by atoms with Gasteiger partial charge >= 0.3 is 6.09 Å². The molecule has 0 saturated carbocycles. The van der Waals surface area contributed by atoms with Gasteiger partial charge in [-0.2, -0.15) is 10.2 Å². The summed E-state index contributed by atoms with van der Waals surface area (Å²) in [6.45, 7) is 6.93. The van der Waals surface area contributed by atoms with E-state index in [-0.39, 0.29) is 12.5 Å². The zero-order valence-corrected chi connectivity index (χ0v) is 13.7. The first-order valence-corrected chi connectivity index (χ1v) is 7.50. The zero-order valence-electron chi connectivity index (χ0n) is 13.7. The van der Waals surface area contributed by atoms with Crippen LogP contribution in [0.4, 0.5) is 16.6 Å². The maximum Gasteiger partial charge on any atom is 0.410 e. The van der Waals surface area contributed by atoms with Gasteiger partial charge in [-0.3, -0.25) is 0 Å². The monoisotopic (exact) mass is 318 g/mol. The fourth-order valence-corrected chi connectivity index (χ4v) is 2.39. The number of nitrogens with zero attached hydrogens (tertiary/aromatic N) is 5. The van der Waals surface area contributed by atoms with Crippen LogP contribution in [0.25, 0.3) is 0 Å². The summed E-state index contributed by atoms with van der Waals surface area (Å²) >= 11 is 0. The summed E-state index contributed by atoms with van der Waals surface area (Å²) in [6, 6.07) is 3.48. The van der Waals surface area contributed by atoms with E-state index in [0.29, 0.717) is 31.4 Å². The third kappa shape index (κ3) is 4.45. The second-order valence-corrected chi connectivity index (χ2v) is 6.42. The van der Waals surface area contributed by atoms with E-state index >= 15 is 0 Å². The zero-order chi connectivity index (χ0) is 17.0. The highest BCUT2D eigenvalue weighted by Gasteiger charge is 2.34. The lowest BCUT2D eigenvalue weighted by Gasteiger charge is -2.40. The van der Waals surface area contributed by atoms with E-state index in [0.717, 1.165) is 0 Å². The van der Waals surface area contributed by atoms with Crippen molar-refractivity contribution >= 4 is 17.9 Å². The molecule has 0 unspecified atom stereocenters. The Morgan fingerprint density at radius 2 is 2.26 bits per heavy atom. The van der Waals surface area contributed by atoms with Crippen LogP contribution >= 0.6 is 0 Å². The molecule has 0 spiro atoms. The first-order valence-electron chi connectivity index (χ1n) is 7.50. The fourth-order valence-electron chi connectivity index (χ4n) is 2.39. The van der Waals surface area contributed by atoms with Gasteiger partial charge in [0.1, 0.15) is 11.4 Å². The van der Waals surface area contributed by atoms with Crippen LogP contribution in [-0.4, -0.2) is 52.2 Å². The van der Waals surface area contributed by atoms with Crippen LogP contribution in [0.1, 0.15) is 27.2 Å². The van der Waals surface area contributed by atoms with E-state index in [1.807, 2.05) is 25.7 Å². The van der Waals surface area contributed by atoms with E-state index in [4.69, 9.17) is 15.7 Å². The van der Waals surface area contributed by atoms with Crippen molar-refractivity contribution in [3.8, 4) is 6.07 Å². The molecule has 2 heterocycles. The highest BCUT2D eigenvalue weighted by Crippen LogP contribution is 2.20. The van der Waals surface area contributed by atoms with Crippen molar-refractivity contribution in [1.82, 2.24) is 14.9 Å². The molecule has 1 fully saturated rings. The Labute approximate surface area is 135 Å². The summed E-state index contributed by atoms with van der Waals surface area (Å²) in [6.07, 6.45) is 1.42. The number of hydrogen-bond donors (Lipinski definition) is 1. The van der Waals surface area contributed by atoms with Crippen molar-refractivity contribution in [2.24, 2.45) is 0 Å². The summed E-state index contributed by atoms with van der Waals surface area (Å²) < 4.78 is 5.42. The Bertz CT molecular complexity index is 607. The summed E-state index contributed by atoms with van der Waals surface area (Å²) in [5.74, 6) is 0.901. The average molecular weight is 318 g/mol. The van der Waals surface area contributed by atoms with Gasteiger partial charge in [0.2, 0.25) is 5.95 Å². The fraction of sp³-hybridized carbons (Fsp3) is 0.600. The molecule has 2 rings (SSSR count). The van der Waals surface area contributed by atoms with Gasteiger partial charge in [-0.15, -0.1) is 0 Å². The van der Waals surface area contributed by atoms with E-state index < -0.39 is 11.7 Å². The standard InChI is InChI=1S/C15H22N6O2/c1-15(2,3)23-14(22)21-9-8-20(10-11(21)4-6-16)13-18-7-5-12(17)19-13/h5,7,11H,4,8-10H2,1-3H3,(H2,17,18,19)/t11-/m0/s1. The molecule has 8 nitrogen and oxygen atoms in total. The third-order valence-corrected chi connectivity index (χ3v) is 3.38. The summed E-state index contributed by atoms with van der Waals surface area (Å²) in [5, 5.41) is 9.05. The van der Waals surface area contributed by atoms with Gasteiger partial charge in [0.25, 0.3) is 0 Å². The van der Waals surface area contributed by atoms with Crippen molar-refractivity contribution < 1.29 is 9.53 Å². The second-order valence-electron chi connectivity index (χ2n) is 6.42. The number of carbonyl (C=O) groups excluding carboxylic acids is 1. The van der Waals surface area contributed by atoms with Crippen molar-refractivity contribution in [3.63, 3.8) is 0 Å². The van der Waals surface area contributed by atoms with Crippen molar-refractivity contribution in [1.29, 1.82) is 5.26 Å². The molecule has 0 aromatic carbocycles. The number of nitrogens with two attached hydrogens (primary N) is 1. The number of amides is 1. The normalized spacial score (nSPS) is 18.4. The molecule has 1 amide bonds. The largest absolute Gasteiger partial charge is 0.444 e.